The van der Waals surface area contributed by atoms with E-state index in [0.29, 0.717) is 6.42 Å². The van der Waals surface area contributed by atoms with Gasteiger partial charge in [0, 0.05) is 6.42 Å². The van der Waals surface area contributed by atoms with Crippen molar-refractivity contribution in [1.82, 2.24) is 0 Å². The fraction of sp³-hybridized carbons (Fsp3) is 0.867. The van der Waals surface area contributed by atoms with Gasteiger partial charge in [-0.1, -0.05) is 45.4 Å². The summed E-state index contributed by atoms with van der Waals surface area (Å²) in [4.78, 5) is 22.0. The van der Waals surface area contributed by atoms with Crippen LogP contribution >= 0.6 is 0 Å². The topological polar surface area (TPSA) is 52.6 Å². The Labute approximate surface area is 116 Å². The maximum Gasteiger partial charge on any atom is 0.308 e. The van der Waals surface area contributed by atoms with Crippen LogP contribution in [0.15, 0.2) is 0 Å². The lowest BCUT2D eigenvalue weighted by molar-refractivity contribution is -0.145. The van der Waals surface area contributed by atoms with Crippen LogP contribution in [0.1, 0.15) is 64.7 Å². The molecule has 0 bridgehead atoms. The zero-order valence-corrected chi connectivity index (χ0v) is 12.6. The third-order valence-corrected chi connectivity index (χ3v) is 3.35. The maximum atomic E-state index is 11.2. The Kier molecular flexibility index (Phi) is 11.3. The van der Waals surface area contributed by atoms with Crippen LogP contribution in [-0.4, -0.2) is 26.2 Å². The van der Waals surface area contributed by atoms with E-state index in [4.69, 9.17) is 0 Å². The first-order chi connectivity index (χ1) is 9.11. The first-order valence-corrected chi connectivity index (χ1v) is 7.26. The fourth-order valence-corrected chi connectivity index (χ4v) is 2.02. The molecule has 1 unspecified atom stereocenters. The standard InChI is InChI=1S/C15H28O4/c1-13(15(17)19-3)11-9-7-5-4-6-8-10-12-14(16)18-2/h13H,4-12H2,1-3H3. The number of carbonyl (C=O) groups excluding carboxylic acids is 2. The average molecular weight is 272 g/mol. The van der Waals surface area contributed by atoms with Gasteiger partial charge in [0.05, 0.1) is 20.1 Å². The summed E-state index contributed by atoms with van der Waals surface area (Å²) < 4.78 is 9.27. The largest absolute Gasteiger partial charge is 0.469 e. The molecule has 0 amide bonds. The smallest absolute Gasteiger partial charge is 0.308 e. The van der Waals surface area contributed by atoms with Gasteiger partial charge in [0.2, 0.25) is 0 Å². The highest BCUT2D eigenvalue weighted by atomic mass is 16.5. The van der Waals surface area contributed by atoms with Gasteiger partial charge in [0.25, 0.3) is 0 Å². The molecule has 0 aliphatic heterocycles. The van der Waals surface area contributed by atoms with E-state index >= 15 is 0 Å². The van der Waals surface area contributed by atoms with E-state index in [-0.39, 0.29) is 17.9 Å². The summed E-state index contributed by atoms with van der Waals surface area (Å²) >= 11 is 0. The van der Waals surface area contributed by atoms with E-state index in [0.717, 1.165) is 25.7 Å². The Morgan fingerprint density at radius 3 is 1.89 bits per heavy atom. The molecule has 1 atom stereocenters. The molecule has 0 saturated heterocycles. The molecular formula is C15H28O4. The molecule has 0 N–H and O–H groups in total. The molecule has 0 saturated carbocycles. The molecule has 0 aromatic rings. The Morgan fingerprint density at radius 1 is 0.842 bits per heavy atom. The number of rotatable bonds is 11. The fourth-order valence-electron chi connectivity index (χ4n) is 2.02. The first kappa shape index (κ1) is 17.9. The van der Waals surface area contributed by atoms with Gasteiger partial charge in [-0.2, -0.15) is 0 Å². The van der Waals surface area contributed by atoms with Crippen molar-refractivity contribution in [2.24, 2.45) is 5.92 Å². The van der Waals surface area contributed by atoms with Gasteiger partial charge in [0.1, 0.15) is 0 Å². The predicted molar refractivity (Wildman–Crippen MR) is 74.7 cm³/mol. The number of ether oxygens (including phenoxy) is 2. The molecule has 0 heterocycles. The molecule has 0 aromatic heterocycles. The monoisotopic (exact) mass is 272 g/mol. The first-order valence-electron chi connectivity index (χ1n) is 7.26. The lowest BCUT2D eigenvalue weighted by Gasteiger charge is -2.08. The van der Waals surface area contributed by atoms with Crippen molar-refractivity contribution >= 4 is 11.9 Å². The van der Waals surface area contributed by atoms with Gasteiger partial charge in [0.15, 0.2) is 0 Å². The van der Waals surface area contributed by atoms with Crippen LogP contribution in [0.5, 0.6) is 0 Å². The summed E-state index contributed by atoms with van der Waals surface area (Å²) in [5.41, 5.74) is 0. The second kappa shape index (κ2) is 12.0. The van der Waals surface area contributed by atoms with Gasteiger partial charge in [-0.05, 0) is 12.8 Å². The Bertz CT molecular complexity index is 251. The molecule has 0 aliphatic rings. The molecular weight excluding hydrogens is 244 g/mol. The Balaban J connectivity index is 3.23. The van der Waals surface area contributed by atoms with E-state index in [1.165, 1.54) is 39.9 Å². The number of hydrogen-bond acceptors (Lipinski definition) is 4. The SMILES string of the molecule is COC(=O)CCCCCCCCCC(C)C(=O)OC. The molecule has 19 heavy (non-hydrogen) atoms. The van der Waals surface area contributed by atoms with Crippen molar-refractivity contribution < 1.29 is 19.1 Å². The van der Waals surface area contributed by atoms with Gasteiger partial charge >= 0.3 is 11.9 Å². The van der Waals surface area contributed by atoms with Gasteiger partial charge < -0.3 is 9.47 Å². The molecule has 0 radical (unpaired) electrons. The Morgan fingerprint density at radius 2 is 1.37 bits per heavy atom. The lowest BCUT2D eigenvalue weighted by atomic mass is 10.0. The van der Waals surface area contributed by atoms with E-state index in [1.54, 1.807) is 0 Å². The molecule has 0 fully saturated rings. The number of esters is 2. The second-order valence-corrected chi connectivity index (χ2v) is 5.01. The van der Waals surface area contributed by atoms with Gasteiger partial charge in [-0.25, -0.2) is 0 Å². The normalized spacial score (nSPS) is 11.9. The highest BCUT2D eigenvalue weighted by Gasteiger charge is 2.11. The third-order valence-electron chi connectivity index (χ3n) is 3.35. The van der Waals surface area contributed by atoms with Crippen LogP contribution in [-0.2, 0) is 19.1 Å². The van der Waals surface area contributed by atoms with E-state index in [1.807, 2.05) is 6.92 Å². The van der Waals surface area contributed by atoms with Crippen LogP contribution in [0, 0.1) is 5.92 Å². The minimum atomic E-state index is -0.114. The molecule has 4 nitrogen and oxygen atoms in total. The van der Waals surface area contributed by atoms with E-state index < -0.39 is 0 Å². The average Bonchev–Trinajstić information content (AvgIpc) is 2.43. The van der Waals surface area contributed by atoms with Crippen molar-refractivity contribution in [1.29, 1.82) is 0 Å². The van der Waals surface area contributed by atoms with E-state index in [9.17, 15) is 9.59 Å². The van der Waals surface area contributed by atoms with Crippen LogP contribution < -0.4 is 0 Å². The number of methoxy groups -OCH3 is 2. The number of hydrogen-bond donors (Lipinski definition) is 0. The highest BCUT2D eigenvalue weighted by Crippen LogP contribution is 2.13. The highest BCUT2D eigenvalue weighted by molar-refractivity contribution is 5.71. The zero-order chi connectivity index (χ0) is 14.5. The molecule has 0 aromatic carbocycles. The summed E-state index contributed by atoms with van der Waals surface area (Å²) in [6.07, 6.45) is 9.28. The summed E-state index contributed by atoms with van der Waals surface area (Å²) in [5.74, 6) is -0.204. The predicted octanol–water partition coefficient (Wildman–Crippen LogP) is 3.48. The summed E-state index contributed by atoms with van der Waals surface area (Å²) in [6, 6.07) is 0. The van der Waals surface area contributed by atoms with Crippen LogP contribution in [0.4, 0.5) is 0 Å². The summed E-state index contributed by atoms with van der Waals surface area (Å²) in [5, 5.41) is 0. The molecule has 112 valence electrons. The zero-order valence-electron chi connectivity index (χ0n) is 12.6. The summed E-state index contributed by atoms with van der Waals surface area (Å²) in [7, 11) is 2.87. The van der Waals surface area contributed by atoms with Crippen molar-refractivity contribution in [3.63, 3.8) is 0 Å². The molecule has 0 aliphatic carbocycles. The van der Waals surface area contributed by atoms with Crippen molar-refractivity contribution in [3.05, 3.63) is 0 Å². The molecule has 4 heteroatoms. The van der Waals surface area contributed by atoms with Crippen LogP contribution in [0.3, 0.4) is 0 Å². The second-order valence-electron chi connectivity index (χ2n) is 5.01. The minimum absolute atomic E-state index is 0.0186. The number of carbonyl (C=O) groups is 2. The summed E-state index contributed by atoms with van der Waals surface area (Å²) in [6.45, 7) is 1.92. The lowest BCUT2D eigenvalue weighted by Crippen LogP contribution is -2.12. The molecule has 0 spiro atoms. The van der Waals surface area contributed by atoms with Gasteiger partial charge in [-0.3, -0.25) is 9.59 Å². The van der Waals surface area contributed by atoms with Crippen molar-refractivity contribution in [2.45, 2.75) is 64.7 Å². The quantitative estimate of drug-likeness (QED) is 0.427. The minimum Gasteiger partial charge on any atom is -0.469 e. The van der Waals surface area contributed by atoms with Gasteiger partial charge in [-0.15, -0.1) is 0 Å². The van der Waals surface area contributed by atoms with Crippen molar-refractivity contribution in [2.75, 3.05) is 14.2 Å². The van der Waals surface area contributed by atoms with Crippen LogP contribution in [0.2, 0.25) is 0 Å². The third kappa shape index (κ3) is 10.5. The number of unbranched alkanes of at least 4 members (excludes halogenated alkanes) is 6. The van der Waals surface area contributed by atoms with Crippen LogP contribution in [0.25, 0.3) is 0 Å². The Hall–Kier alpha value is -1.06. The maximum absolute atomic E-state index is 11.2. The van der Waals surface area contributed by atoms with Crippen molar-refractivity contribution in [3.8, 4) is 0 Å². The molecule has 0 rings (SSSR count). The van der Waals surface area contributed by atoms with E-state index in [2.05, 4.69) is 9.47 Å².